The lowest BCUT2D eigenvalue weighted by molar-refractivity contribution is -0.653. The zero-order valence-electron chi connectivity index (χ0n) is 18.6. The summed E-state index contributed by atoms with van der Waals surface area (Å²) >= 11 is 0. The van der Waals surface area contributed by atoms with Crippen molar-refractivity contribution in [3.8, 4) is 11.5 Å². The molecule has 0 aliphatic carbocycles. The molecule has 0 spiro atoms. The molecule has 2 heterocycles. The number of halogens is 1. The van der Waals surface area contributed by atoms with Gasteiger partial charge in [0, 0.05) is 12.5 Å². The van der Waals surface area contributed by atoms with Crippen molar-refractivity contribution in [1.82, 2.24) is 4.57 Å². The molecule has 4 nitrogen and oxygen atoms in total. The second-order valence-electron chi connectivity index (χ2n) is 9.86. The second-order valence-corrected chi connectivity index (χ2v) is 9.86. The van der Waals surface area contributed by atoms with Crippen LogP contribution in [0.3, 0.4) is 0 Å². The van der Waals surface area contributed by atoms with Gasteiger partial charge in [-0.15, -0.1) is 0 Å². The molecule has 4 rings (SSSR count). The van der Waals surface area contributed by atoms with Gasteiger partial charge in [-0.2, -0.15) is 4.57 Å². The number of fused-ring (bicyclic) bond motifs is 2. The molecule has 1 atom stereocenters. The van der Waals surface area contributed by atoms with Crippen molar-refractivity contribution < 1.29 is 38.0 Å². The van der Waals surface area contributed by atoms with Crippen molar-refractivity contribution in [1.29, 1.82) is 0 Å². The molecule has 156 valence electrons. The summed E-state index contributed by atoms with van der Waals surface area (Å²) in [5.74, 6) is 2.79. The van der Waals surface area contributed by atoms with Gasteiger partial charge in [0.1, 0.15) is 0 Å². The standard InChI is InChI=1S/C24H31N2O2.HI/c1-15-25(8)18-11-9-10-12-19(18)26(15)22-27-20-14-16(23(2,3)4)13-17(21(20)28-22)24(5,6)7;/h9-14,22H,1-8H3;1H/q+1;/p-1. The molecule has 2 aromatic carbocycles. The Bertz CT molecular complexity index is 1070. The van der Waals surface area contributed by atoms with Crippen LogP contribution in [0.2, 0.25) is 0 Å². The molecule has 0 N–H and O–H groups in total. The highest BCUT2D eigenvalue weighted by molar-refractivity contribution is 5.72. The zero-order chi connectivity index (χ0) is 20.4. The summed E-state index contributed by atoms with van der Waals surface area (Å²) in [6.07, 6.45) is -0.502. The molecule has 0 saturated carbocycles. The summed E-state index contributed by atoms with van der Waals surface area (Å²) in [6.45, 7) is 15.5. The fraction of sp³-hybridized carbons (Fsp3) is 0.458. The Labute approximate surface area is 190 Å². The van der Waals surface area contributed by atoms with E-state index in [1.807, 2.05) is 0 Å². The van der Waals surface area contributed by atoms with E-state index in [2.05, 4.69) is 101 Å². The molecule has 0 saturated heterocycles. The molecular weight excluding hydrogens is 475 g/mol. The van der Waals surface area contributed by atoms with E-state index in [4.69, 9.17) is 9.47 Å². The highest BCUT2D eigenvalue weighted by atomic mass is 127. The van der Waals surface area contributed by atoms with E-state index in [0.717, 1.165) is 28.4 Å². The van der Waals surface area contributed by atoms with Gasteiger partial charge >= 0.3 is 6.41 Å². The van der Waals surface area contributed by atoms with Crippen LogP contribution >= 0.6 is 0 Å². The van der Waals surface area contributed by atoms with Gasteiger partial charge < -0.3 is 33.5 Å². The van der Waals surface area contributed by atoms with Crippen molar-refractivity contribution >= 4 is 11.0 Å². The summed E-state index contributed by atoms with van der Waals surface area (Å²) in [6, 6.07) is 12.8. The van der Waals surface area contributed by atoms with Crippen molar-refractivity contribution in [3.63, 3.8) is 0 Å². The summed E-state index contributed by atoms with van der Waals surface area (Å²) < 4.78 is 17.2. The lowest BCUT2D eigenvalue weighted by atomic mass is 9.80. The summed E-state index contributed by atoms with van der Waals surface area (Å²) in [5.41, 5.74) is 4.72. The van der Waals surface area contributed by atoms with Crippen LogP contribution in [0.15, 0.2) is 36.4 Å². The highest BCUT2D eigenvalue weighted by Gasteiger charge is 2.39. The normalized spacial score (nSPS) is 16.2. The Morgan fingerprint density at radius 2 is 1.59 bits per heavy atom. The first-order chi connectivity index (χ1) is 13.0. The van der Waals surface area contributed by atoms with Crippen LogP contribution in [0.1, 0.15) is 64.9 Å². The van der Waals surface area contributed by atoms with Crippen molar-refractivity contribution in [2.24, 2.45) is 7.05 Å². The van der Waals surface area contributed by atoms with Crippen LogP contribution in [0.25, 0.3) is 11.0 Å². The summed E-state index contributed by atoms with van der Waals surface area (Å²) in [7, 11) is 2.08. The number of imidazole rings is 1. The average molecular weight is 506 g/mol. The molecule has 0 amide bonds. The van der Waals surface area contributed by atoms with E-state index in [9.17, 15) is 0 Å². The van der Waals surface area contributed by atoms with Gasteiger partial charge in [-0.25, -0.2) is 4.57 Å². The molecule has 0 bridgehead atoms. The zero-order valence-corrected chi connectivity index (χ0v) is 20.8. The molecule has 0 fully saturated rings. The third kappa shape index (κ3) is 3.62. The Balaban J connectivity index is 0.00000240. The molecule has 1 aliphatic heterocycles. The number of aromatic nitrogens is 2. The number of nitrogens with zero attached hydrogens (tertiary/aromatic N) is 2. The molecule has 3 aromatic rings. The van der Waals surface area contributed by atoms with Crippen molar-refractivity contribution in [2.75, 3.05) is 0 Å². The van der Waals surface area contributed by atoms with E-state index in [-0.39, 0.29) is 34.8 Å². The summed E-state index contributed by atoms with van der Waals surface area (Å²) in [5, 5.41) is 0. The number of benzene rings is 2. The molecular formula is C24H31IN2O2. The number of hydrogen-bond acceptors (Lipinski definition) is 2. The molecule has 1 aliphatic rings. The fourth-order valence-electron chi connectivity index (χ4n) is 3.87. The van der Waals surface area contributed by atoms with Crippen molar-refractivity contribution in [2.45, 2.75) is 65.7 Å². The van der Waals surface area contributed by atoms with E-state index in [1.165, 1.54) is 11.1 Å². The minimum absolute atomic E-state index is 0. The Hall–Kier alpha value is -1.76. The fourth-order valence-corrected chi connectivity index (χ4v) is 3.87. The second kappa shape index (κ2) is 7.18. The SMILES string of the molecule is Cc1n(C2Oc3cc(C(C)(C)C)cc(C(C)(C)C)c3O2)c2ccccc2[n+]1C.[I-]. The van der Waals surface area contributed by atoms with Crippen LogP contribution in [-0.4, -0.2) is 4.57 Å². The lowest BCUT2D eigenvalue weighted by Gasteiger charge is -2.26. The predicted molar refractivity (Wildman–Crippen MR) is 112 cm³/mol. The topological polar surface area (TPSA) is 27.3 Å². The van der Waals surface area contributed by atoms with Crippen LogP contribution in [-0.2, 0) is 17.9 Å². The minimum atomic E-state index is -0.502. The number of rotatable bonds is 1. The first-order valence-corrected chi connectivity index (χ1v) is 9.96. The number of ether oxygens (including phenoxy) is 2. The smallest absolute Gasteiger partial charge is 0.404 e. The van der Waals surface area contributed by atoms with E-state index in [1.54, 1.807) is 0 Å². The molecule has 0 radical (unpaired) electrons. The van der Waals surface area contributed by atoms with Crippen LogP contribution in [0.4, 0.5) is 0 Å². The van der Waals surface area contributed by atoms with Crippen molar-refractivity contribution in [3.05, 3.63) is 53.3 Å². The lowest BCUT2D eigenvalue weighted by Crippen LogP contribution is -3.00. The van der Waals surface area contributed by atoms with Gasteiger partial charge in [-0.3, -0.25) is 0 Å². The largest absolute Gasteiger partial charge is 1.00 e. The maximum atomic E-state index is 6.45. The van der Waals surface area contributed by atoms with E-state index >= 15 is 0 Å². The number of aryl methyl sites for hydroxylation is 1. The molecule has 5 heteroatoms. The molecule has 1 unspecified atom stereocenters. The Morgan fingerprint density at radius 1 is 0.931 bits per heavy atom. The predicted octanol–water partition coefficient (Wildman–Crippen LogP) is 2.30. The average Bonchev–Trinajstić information content (AvgIpc) is 3.12. The third-order valence-electron chi connectivity index (χ3n) is 5.72. The van der Waals surface area contributed by atoms with Gasteiger partial charge in [-0.1, -0.05) is 59.7 Å². The maximum Gasteiger partial charge on any atom is 0.404 e. The maximum absolute atomic E-state index is 6.45. The Morgan fingerprint density at radius 3 is 2.21 bits per heavy atom. The van der Waals surface area contributed by atoms with Crippen LogP contribution < -0.4 is 38.0 Å². The molecule has 1 aromatic heterocycles. The van der Waals surface area contributed by atoms with Gasteiger partial charge in [0.05, 0.1) is 7.05 Å². The van der Waals surface area contributed by atoms with Gasteiger partial charge in [0.2, 0.25) is 0 Å². The monoisotopic (exact) mass is 506 g/mol. The first-order valence-electron chi connectivity index (χ1n) is 9.96. The van der Waals surface area contributed by atoms with Crippen LogP contribution in [0, 0.1) is 6.92 Å². The summed E-state index contributed by atoms with van der Waals surface area (Å²) in [4.78, 5) is 0. The van der Waals surface area contributed by atoms with Gasteiger partial charge in [0.25, 0.3) is 5.82 Å². The van der Waals surface area contributed by atoms with E-state index < -0.39 is 6.41 Å². The molecule has 29 heavy (non-hydrogen) atoms. The van der Waals surface area contributed by atoms with Gasteiger partial charge in [0.15, 0.2) is 22.5 Å². The Kier molecular flexibility index (Phi) is 5.43. The first kappa shape index (κ1) is 21.9. The van der Waals surface area contributed by atoms with E-state index in [0.29, 0.717) is 0 Å². The quantitative estimate of drug-likeness (QED) is 0.374. The minimum Gasteiger partial charge on any atom is -1.00 e. The van der Waals surface area contributed by atoms with Crippen LogP contribution in [0.5, 0.6) is 11.5 Å². The third-order valence-corrected chi connectivity index (χ3v) is 5.72. The highest BCUT2D eigenvalue weighted by Crippen LogP contribution is 2.48. The number of para-hydroxylation sites is 2. The number of hydrogen-bond donors (Lipinski definition) is 0. The van der Waals surface area contributed by atoms with Gasteiger partial charge in [-0.05, 0) is 34.6 Å².